The van der Waals surface area contributed by atoms with Crippen molar-refractivity contribution in [3.63, 3.8) is 0 Å². The van der Waals surface area contributed by atoms with Gasteiger partial charge in [-0.15, -0.1) is 11.6 Å². The topological polar surface area (TPSA) is 49.4 Å². The summed E-state index contributed by atoms with van der Waals surface area (Å²) in [6.45, 7) is 3.40. The van der Waals surface area contributed by atoms with E-state index in [0.29, 0.717) is 17.3 Å². The molecule has 0 bridgehead atoms. The number of nitrogens with one attached hydrogen (secondary N) is 1. The maximum absolute atomic E-state index is 12.1. The summed E-state index contributed by atoms with van der Waals surface area (Å²) in [5.41, 5.74) is 1.05. The van der Waals surface area contributed by atoms with Crippen LogP contribution >= 0.6 is 11.6 Å². The molecule has 2 rings (SSSR count). The van der Waals surface area contributed by atoms with E-state index >= 15 is 0 Å². The predicted molar refractivity (Wildman–Crippen MR) is 81.7 cm³/mol. The van der Waals surface area contributed by atoms with Crippen LogP contribution in [0.25, 0.3) is 0 Å². The Morgan fingerprint density at radius 1 is 1.15 bits per heavy atom. The highest BCUT2D eigenvalue weighted by Gasteiger charge is 2.15. The summed E-state index contributed by atoms with van der Waals surface area (Å²) in [7, 11) is -3.39. The molecule has 6 heteroatoms. The van der Waals surface area contributed by atoms with E-state index in [2.05, 4.69) is 9.62 Å². The van der Waals surface area contributed by atoms with E-state index in [1.165, 1.54) is 12.8 Å². The molecule has 1 N–H and O–H groups in total. The van der Waals surface area contributed by atoms with E-state index in [9.17, 15) is 8.42 Å². The Morgan fingerprint density at radius 3 is 2.40 bits per heavy atom. The lowest BCUT2D eigenvalue weighted by Crippen LogP contribution is -2.33. The highest BCUT2D eigenvalue weighted by Crippen LogP contribution is 2.11. The summed E-state index contributed by atoms with van der Waals surface area (Å²) in [6, 6.07) is 6.91. The molecule has 1 fully saturated rings. The second-order valence-corrected chi connectivity index (χ2v) is 7.17. The highest BCUT2D eigenvalue weighted by atomic mass is 35.5. The predicted octanol–water partition coefficient (Wildman–Crippen LogP) is 1.84. The van der Waals surface area contributed by atoms with Crippen LogP contribution < -0.4 is 4.72 Å². The molecule has 0 radical (unpaired) electrons. The lowest BCUT2D eigenvalue weighted by Gasteiger charge is -2.14. The Bertz CT molecular complexity index is 510. The molecular formula is C14H21ClN2O2S. The molecule has 1 heterocycles. The quantitative estimate of drug-likeness (QED) is 0.781. The lowest BCUT2D eigenvalue weighted by atomic mass is 10.2. The van der Waals surface area contributed by atoms with Crippen LogP contribution in [-0.2, 0) is 16.4 Å². The Balaban J connectivity index is 1.88. The number of benzene rings is 1. The van der Waals surface area contributed by atoms with Gasteiger partial charge in [0.05, 0.1) is 4.90 Å². The third-order valence-corrected chi connectivity index (χ3v) is 5.20. The third kappa shape index (κ3) is 4.45. The fraction of sp³-hybridized carbons (Fsp3) is 0.571. The van der Waals surface area contributed by atoms with Gasteiger partial charge in [-0.3, -0.25) is 0 Å². The van der Waals surface area contributed by atoms with Gasteiger partial charge in [0, 0.05) is 19.0 Å². The minimum absolute atomic E-state index is 0.317. The molecule has 0 atom stereocenters. The molecule has 0 unspecified atom stereocenters. The zero-order valence-corrected chi connectivity index (χ0v) is 13.1. The monoisotopic (exact) mass is 316 g/mol. The Morgan fingerprint density at radius 2 is 1.80 bits per heavy atom. The summed E-state index contributed by atoms with van der Waals surface area (Å²) < 4.78 is 26.9. The SMILES string of the molecule is O=S(=O)(NCCN1CCCC1)c1ccc(CCCl)cc1. The van der Waals surface area contributed by atoms with Gasteiger partial charge < -0.3 is 4.90 Å². The summed E-state index contributed by atoms with van der Waals surface area (Å²) in [4.78, 5) is 2.60. The van der Waals surface area contributed by atoms with E-state index in [0.717, 1.165) is 31.6 Å². The number of rotatable bonds is 7. The van der Waals surface area contributed by atoms with Crippen molar-refractivity contribution in [2.75, 3.05) is 32.1 Å². The number of halogens is 1. The van der Waals surface area contributed by atoms with Gasteiger partial charge in [-0.05, 0) is 50.0 Å². The maximum Gasteiger partial charge on any atom is 0.240 e. The molecule has 4 nitrogen and oxygen atoms in total. The van der Waals surface area contributed by atoms with Gasteiger partial charge in [-0.1, -0.05) is 12.1 Å². The number of hydrogen-bond donors (Lipinski definition) is 1. The molecule has 0 aliphatic carbocycles. The van der Waals surface area contributed by atoms with Crippen LogP contribution in [0.2, 0.25) is 0 Å². The standard InChI is InChI=1S/C14H21ClN2O2S/c15-8-7-13-3-5-14(6-4-13)20(18,19)16-9-12-17-10-1-2-11-17/h3-6,16H,1-2,7-12H2. The smallest absolute Gasteiger partial charge is 0.240 e. The average Bonchev–Trinajstić information content (AvgIpc) is 2.93. The zero-order valence-electron chi connectivity index (χ0n) is 11.5. The molecule has 1 aliphatic rings. The summed E-state index contributed by atoms with van der Waals surface area (Å²) in [5, 5.41) is 0. The van der Waals surface area contributed by atoms with Crippen LogP contribution in [0.3, 0.4) is 0 Å². The van der Waals surface area contributed by atoms with Crippen LogP contribution in [0.1, 0.15) is 18.4 Å². The van der Waals surface area contributed by atoms with Gasteiger partial charge in [-0.2, -0.15) is 0 Å². The van der Waals surface area contributed by atoms with Gasteiger partial charge in [-0.25, -0.2) is 13.1 Å². The van der Waals surface area contributed by atoms with Gasteiger partial charge in [0.15, 0.2) is 0 Å². The third-order valence-electron chi connectivity index (χ3n) is 3.54. The van der Waals surface area contributed by atoms with Crippen molar-refractivity contribution in [2.45, 2.75) is 24.2 Å². The van der Waals surface area contributed by atoms with Crippen molar-refractivity contribution in [3.8, 4) is 0 Å². The minimum atomic E-state index is -3.39. The average molecular weight is 317 g/mol. The van der Waals surface area contributed by atoms with Crippen molar-refractivity contribution >= 4 is 21.6 Å². The zero-order chi connectivity index (χ0) is 14.4. The van der Waals surface area contributed by atoms with Crippen molar-refractivity contribution in [1.29, 1.82) is 0 Å². The van der Waals surface area contributed by atoms with Crippen LogP contribution in [0.5, 0.6) is 0 Å². The number of sulfonamides is 1. The van der Waals surface area contributed by atoms with Crippen molar-refractivity contribution in [3.05, 3.63) is 29.8 Å². The normalized spacial score (nSPS) is 16.6. The van der Waals surface area contributed by atoms with Gasteiger partial charge in [0.2, 0.25) is 10.0 Å². The number of likely N-dealkylation sites (tertiary alicyclic amines) is 1. The molecule has 0 aromatic heterocycles. The first-order valence-corrected chi connectivity index (χ1v) is 9.00. The summed E-state index contributed by atoms with van der Waals surface area (Å²) >= 11 is 5.66. The van der Waals surface area contributed by atoms with Crippen LogP contribution in [-0.4, -0.2) is 45.4 Å². The number of hydrogen-bond acceptors (Lipinski definition) is 3. The molecule has 20 heavy (non-hydrogen) atoms. The van der Waals surface area contributed by atoms with Gasteiger partial charge >= 0.3 is 0 Å². The Labute approximate surface area is 126 Å². The van der Waals surface area contributed by atoms with Crippen LogP contribution in [0.15, 0.2) is 29.2 Å². The Kier molecular flexibility index (Phi) is 5.84. The molecule has 0 spiro atoms. The molecule has 112 valence electrons. The van der Waals surface area contributed by atoms with Gasteiger partial charge in [0.25, 0.3) is 0 Å². The molecule has 1 aromatic rings. The van der Waals surface area contributed by atoms with E-state index in [4.69, 9.17) is 11.6 Å². The fourth-order valence-corrected chi connectivity index (χ4v) is 3.61. The molecule has 1 saturated heterocycles. The van der Waals surface area contributed by atoms with Crippen molar-refractivity contribution in [2.24, 2.45) is 0 Å². The number of aryl methyl sites for hydroxylation is 1. The van der Waals surface area contributed by atoms with E-state index in [1.807, 2.05) is 12.1 Å². The molecule has 0 saturated carbocycles. The number of nitrogens with zero attached hydrogens (tertiary/aromatic N) is 1. The van der Waals surface area contributed by atoms with E-state index < -0.39 is 10.0 Å². The van der Waals surface area contributed by atoms with Crippen LogP contribution in [0.4, 0.5) is 0 Å². The first-order valence-electron chi connectivity index (χ1n) is 6.99. The second-order valence-electron chi connectivity index (χ2n) is 5.03. The number of alkyl halides is 1. The molecular weight excluding hydrogens is 296 g/mol. The Hall–Kier alpha value is -0.620. The minimum Gasteiger partial charge on any atom is -0.302 e. The van der Waals surface area contributed by atoms with Gasteiger partial charge in [0.1, 0.15) is 0 Å². The van der Waals surface area contributed by atoms with E-state index in [1.54, 1.807) is 12.1 Å². The molecule has 1 aromatic carbocycles. The maximum atomic E-state index is 12.1. The van der Waals surface area contributed by atoms with Crippen molar-refractivity contribution in [1.82, 2.24) is 9.62 Å². The first-order chi connectivity index (χ1) is 9.62. The van der Waals surface area contributed by atoms with Crippen molar-refractivity contribution < 1.29 is 8.42 Å². The molecule has 1 aliphatic heterocycles. The summed E-state index contributed by atoms with van der Waals surface area (Å²) in [6.07, 6.45) is 3.19. The lowest BCUT2D eigenvalue weighted by molar-refractivity contribution is 0.344. The molecule has 0 amide bonds. The van der Waals surface area contributed by atoms with Crippen LogP contribution in [0, 0.1) is 0 Å². The largest absolute Gasteiger partial charge is 0.302 e. The second kappa shape index (κ2) is 7.41. The van der Waals surface area contributed by atoms with E-state index in [-0.39, 0.29) is 0 Å². The highest BCUT2D eigenvalue weighted by molar-refractivity contribution is 7.89. The summed E-state index contributed by atoms with van der Waals surface area (Å²) in [5.74, 6) is 0.542. The first kappa shape index (κ1) is 15.8. The fourth-order valence-electron chi connectivity index (χ4n) is 2.37.